The van der Waals surface area contributed by atoms with Gasteiger partial charge in [-0.2, -0.15) is 0 Å². The molecule has 0 saturated heterocycles. The highest BCUT2D eigenvalue weighted by molar-refractivity contribution is 7.99. The molecular formula is C14H13FN2O3S3. The number of thioether (sulfide) groups is 1. The molecule has 1 unspecified atom stereocenters. The molecule has 0 fully saturated rings. The fourth-order valence-electron chi connectivity index (χ4n) is 2.34. The van der Waals surface area contributed by atoms with Crippen LogP contribution in [0.1, 0.15) is 28.4 Å². The van der Waals surface area contributed by atoms with Crippen LogP contribution in [0.4, 0.5) is 4.39 Å². The van der Waals surface area contributed by atoms with Crippen LogP contribution in [0.3, 0.4) is 0 Å². The zero-order valence-electron chi connectivity index (χ0n) is 11.8. The predicted octanol–water partition coefficient (Wildman–Crippen LogP) is 2.50. The standard InChI is InChI=1S/C14H13FN2O3S3/c15-9-1-2-12-10(6-9)11(3-4-21-12)17-14(18)8-5-13(22-7-8)23(16,19)20/h1-2,5-7,11H,3-4H2,(H,17,18)(H2,16,19,20). The van der Waals surface area contributed by atoms with Crippen LogP contribution >= 0.6 is 23.1 Å². The van der Waals surface area contributed by atoms with Crippen molar-refractivity contribution in [3.05, 3.63) is 46.6 Å². The van der Waals surface area contributed by atoms with E-state index in [0.717, 1.165) is 27.5 Å². The number of amides is 1. The van der Waals surface area contributed by atoms with Crippen LogP contribution in [0, 0.1) is 5.82 Å². The Kier molecular flexibility index (Phi) is 4.45. The molecule has 3 N–H and O–H groups in total. The number of carbonyl (C=O) groups excluding carboxylic acids is 1. The Bertz CT molecular complexity index is 864. The van der Waals surface area contributed by atoms with E-state index in [2.05, 4.69) is 5.32 Å². The van der Waals surface area contributed by atoms with E-state index in [1.165, 1.54) is 23.6 Å². The van der Waals surface area contributed by atoms with Crippen molar-refractivity contribution in [2.75, 3.05) is 5.75 Å². The van der Waals surface area contributed by atoms with Crippen LogP contribution in [0.2, 0.25) is 0 Å². The van der Waals surface area contributed by atoms with Gasteiger partial charge < -0.3 is 5.32 Å². The Morgan fingerprint density at radius 2 is 2.13 bits per heavy atom. The van der Waals surface area contributed by atoms with Crippen molar-refractivity contribution in [2.45, 2.75) is 21.6 Å². The third-order valence-electron chi connectivity index (χ3n) is 3.43. The molecule has 0 spiro atoms. The van der Waals surface area contributed by atoms with Crippen molar-refractivity contribution in [2.24, 2.45) is 5.14 Å². The second-order valence-corrected chi connectivity index (χ2v) is 8.88. The van der Waals surface area contributed by atoms with Gasteiger partial charge in [-0.3, -0.25) is 4.79 Å². The monoisotopic (exact) mass is 372 g/mol. The molecule has 0 bridgehead atoms. The lowest BCUT2D eigenvalue weighted by Gasteiger charge is -2.25. The van der Waals surface area contributed by atoms with Gasteiger partial charge in [0.2, 0.25) is 10.0 Å². The van der Waals surface area contributed by atoms with E-state index in [0.29, 0.717) is 6.42 Å². The Morgan fingerprint density at radius 1 is 1.35 bits per heavy atom. The van der Waals surface area contributed by atoms with Gasteiger partial charge in [0.05, 0.1) is 11.6 Å². The van der Waals surface area contributed by atoms with Crippen LogP contribution in [0.5, 0.6) is 0 Å². The quantitative estimate of drug-likeness (QED) is 0.866. The smallest absolute Gasteiger partial charge is 0.252 e. The number of hydrogen-bond acceptors (Lipinski definition) is 5. The molecule has 5 nitrogen and oxygen atoms in total. The second kappa shape index (κ2) is 6.23. The SMILES string of the molecule is NS(=O)(=O)c1cc(C(=O)NC2CCSc3ccc(F)cc32)cs1. The minimum atomic E-state index is -3.82. The molecule has 122 valence electrons. The average Bonchev–Trinajstić information content (AvgIpc) is 2.98. The van der Waals surface area contributed by atoms with Crippen molar-refractivity contribution in [1.29, 1.82) is 0 Å². The van der Waals surface area contributed by atoms with Crippen LogP contribution in [0.25, 0.3) is 0 Å². The maximum atomic E-state index is 13.5. The number of nitrogens with two attached hydrogens (primary N) is 1. The Morgan fingerprint density at radius 3 is 2.83 bits per heavy atom. The first-order chi connectivity index (χ1) is 10.8. The predicted molar refractivity (Wildman–Crippen MR) is 87.6 cm³/mol. The number of primary sulfonamides is 1. The highest BCUT2D eigenvalue weighted by Gasteiger charge is 2.24. The molecule has 1 aliphatic heterocycles. The number of thiophene rings is 1. The number of fused-ring (bicyclic) bond motifs is 1. The van der Waals surface area contributed by atoms with E-state index in [4.69, 9.17) is 5.14 Å². The van der Waals surface area contributed by atoms with Gasteiger partial charge in [-0.15, -0.1) is 23.1 Å². The summed E-state index contributed by atoms with van der Waals surface area (Å²) in [5.41, 5.74) is 0.978. The zero-order chi connectivity index (χ0) is 16.6. The first-order valence-corrected chi connectivity index (χ1v) is 10.1. The maximum Gasteiger partial charge on any atom is 0.252 e. The third-order valence-corrected chi connectivity index (χ3v) is 6.94. The van der Waals surface area contributed by atoms with Gasteiger partial charge in [0.25, 0.3) is 5.91 Å². The highest BCUT2D eigenvalue weighted by Crippen LogP contribution is 2.36. The number of rotatable bonds is 3. The number of halogens is 1. The molecule has 1 aromatic heterocycles. The molecule has 3 rings (SSSR count). The van der Waals surface area contributed by atoms with Crippen molar-refractivity contribution in [3.8, 4) is 0 Å². The average molecular weight is 372 g/mol. The summed E-state index contributed by atoms with van der Waals surface area (Å²) >= 11 is 2.52. The summed E-state index contributed by atoms with van der Waals surface area (Å²) in [5, 5.41) is 9.32. The zero-order valence-corrected chi connectivity index (χ0v) is 14.2. The first kappa shape index (κ1) is 16.4. The van der Waals surface area contributed by atoms with E-state index in [-0.39, 0.29) is 21.6 Å². The third kappa shape index (κ3) is 3.57. The van der Waals surface area contributed by atoms with Crippen molar-refractivity contribution in [1.82, 2.24) is 5.32 Å². The molecular weight excluding hydrogens is 359 g/mol. The maximum absolute atomic E-state index is 13.5. The summed E-state index contributed by atoms with van der Waals surface area (Å²) in [6.45, 7) is 0. The lowest BCUT2D eigenvalue weighted by molar-refractivity contribution is 0.0935. The van der Waals surface area contributed by atoms with E-state index in [1.807, 2.05) is 0 Å². The van der Waals surface area contributed by atoms with E-state index < -0.39 is 15.9 Å². The lowest BCUT2D eigenvalue weighted by Crippen LogP contribution is -2.30. The number of sulfonamides is 1. The first-order valence-electron chi connectivity index (χ1n) is 6.69. The number of carbonyl (C=O) groups is 1. The fraction of sp³-hybridized carbons (Fsp3) is 0.214. The van der Waals surface area contributed by atoms with Crippen molar-refractivity contribution >= 4 is 39.0 Å². The summed E-state index contributed by atoms with van der Waals surface area (Å²) in [4.78, 5) is 13.3. The van der Waals surface area contributed by atoms with Crippen LogP contribution in [-0.2, 0) is 10.0 Å². The minimum Gasteiger partial charge on any atom is -0.345 e. The summed E-state index contributed by atoms with van der Waals surface area (Å²) in [6, 6.07) is 5.48. The normalized spacial score (nSPS) is 17.6. The molecule has 2 heterocycles. The molecule has 1 amide bonds. The molecule has 0 saturated carbocycles. The second-order valence-electron chi connectivity index (χ2n) is 5.04. The largest absolute Gasteiger partial charge is 0.345 e. The summed E-state index contributed by atoms with van der Waals surface area (Å²) in [7, 11) is -3.82. The molecule has 1 atom stereocenters. The van der Waals surface area contributed by atoms with Crippen LogP contribution in [-0.4, -0.2) is 20.1 Å². The van der Waals surface area contributed by atoms with E-state index in [9.17, 15) is 17.6 Å². The van der Waals surface area contributed by atoms with Crippen molar-refractivity contribution in [3.63, 3.8) is 0 Å². The number of benzene rings is 1. The summed E-state index contributed by atoms with van der Waals surface area (Å²) in [5.74, 6) is 0.0659. The van der Waals surface area contributed by atoms with E-state index in [1.54, 1.807) is 17.8 Å². The van der Waals surface area contributed by atoms with Crippen molar-refractivity contribution < 1.29 is 17.6 Å². The molecule has 0 aliphatic carbocycles. The van der Waals surface area contributed by atoms with Gasteiger partial charge in [-0.05, 0) is 36.2 Å². The van der Waals surface area contributed by atoms with Gasteiger partial charge >= 0.3 is 0 Å². The Labute approximate surface area is 141 Å². The number of hydrogen-bond donors (Lipinski definition) is 2. The lowest BCUT2D eigenvalue weighted by atomic mass is 10.0. The van der Waals surface area contributed by atoms with Gasteiger partial charge in [0, 0.05) is 16.0 Å². The summed E-state index contributed by atoms with van der Waals surface area (Å²) in [6.07, 6.45) is 0.680. The fourth-order valence-corrected chi connectivity index (χ4v) is 5.03. The van der Waals surface area contributed by atoms with Crippen LogP contribution in [0.15, 0.2) is 38.8 Å². The molecule has 9 heteroatoms. The Hall–Kier alpha value is -1.42. The Balaban J connectivity index is 1.82. The van der Waals surface area contributed by atoms with Crippen LogP contribution < -0.4 is 10.5 Å². The highest BCUT2D eigenvalue weighted by atomic mass is 32.2. The summed E-state index contributed by atoms with van der Waals surface area (Å²) < 4.78 is 35.9. The van der Waals surface area contributed by atoms with Gasteiger partial charge in [-0.1, -0.05) is 0 Å². The van der Waals surface area contributed by atoms with E-state index >= 15 is 0 Å². The topological polar surface area (TPSA) is 89.3 Å². The van der Waals surface area contributed by atoms with Gasteiger partial charge in [0.15, 0.2) is 0 Å². The molecule has 23 heavy (non-hydrogen) atoms. The number of nitrogens with one attached hydrogen (secondary N) is 1. The minimum absolute atomic E-state index is 0.0618. The van der Waals surface area contributed by atoms with Gasteiger partial charge in [-0.25, -0.2) is 17.9 Å². The molecule has 0 radical (unpaired) electrons. The molecule has 1 aromatic carbocycles. The van der Waals surface area contributed by atoms with Gasteiger partial charge in [0.1, 0.15) is 10.0 Å². The molecule has 1 aliphatic rings. The molecule has 2 aromatic rings.